The molecule has 0 N–H and O–H groups in total. The molecule has 0 bridgehead atoms. The average molecular weight is 240 g/mol. The first-order valence-corrected chi connectivity index (χ1v) is 5.88. The van der Waals surface area contributed by atoms with Gasteiger partial charge < -0.3 is 4.74 Å². The van der Waals surface area contributed by atoms with Gasteiger partial charge in [0.1, 0.15) is 0 Å². The highest BCUT2D eigenvalue weighted by Crippen LogP contribution is 2.24. The summed E-state index contributed by atoms with van der Waals surface area (Å²) in [6.07, 6.45) is 0. The maximum absolute atomic E-state index is 11.4. The molecule has 92 valence electrons. The summed E-state index contributed by atoms with van der Waals surface area (Å²) in [5, 5.41) is 0. The molecule has 0 saturated heterocycles. The second-order valence-electron chi connectivity index (χ2n) is 4.39. The molecule has 2 aromatic rings. The van der Waals surface area contributed by atoms with Gasteiger partial charge in [0.25, 0.3) is 0 Å². The smallest absolute Gasteiger partial charge is 0.337 e. The third-order valence-electron chi connectivity index (χ3n) is 3.00. The summed E-state index contributed by atoms with van der Waals surface area (Å²) < 4.78 is 4.68. The van der Waals surface area contributed by atoms with E-state index >= 15 is 0 Å². The third kappa shape index (κ3) is 2.43. The molecule has 0 spiro atoms. The predicted octanol–water partition coefficient (Wildman–Crippen LogP) is 3.76. The van der Waals surface area contributed by atoms with Crippen molar-refractivity contribution in [2.24, 2.45) is 0 Å². The van der Waals surface area contributed by atoms with Gasteiger partial charge in [0.2, 0.25) is 0 Å². The Morgan fingerprint density at radius 2 is 1.67 bits per heavy atom. The molecular weight excluding hydrogens is 224 g/mol. The van der Waals surface area contributed by atoms with Crippen LogP contribution in [0.1, 0.15) is 21.5 Å². The van der Waals surface area contributed by atoms with Crippen LogP contribution in [-0.2, 0) is 4.74 Å². The van der Waals surface area contributed by atoms with Crippen LogP contribution in [0.25, 0.3) is 11.1 Å². The van der Waals surface area contributed by atoms with Crippen LogP contribution in [0.15, 0.2) is 42.5 Å². The summed E-state index contributed by atoms with van der Waals surface area (Å²) in [6, 6.07) is 13.8. The number of aryl methyl sites for hydroxylation is 2. The Hall–Kier alpha value is -2.09. The summed E-state index contributed by atoms with van der Waals surface area (Å²) >= 11 is 0. The molecule has 0 aliphatic carbocycles. The van der Waals surface area contributed by atoms with Gasteiger partial charge in [0.15, 0.2) is 0 Å². The summed E-state index contributed by atoms with van der Waals surface area (Å²) in [4.78, 5) is 11.4. The molecule has 18 heavy (non-hydrogen) atoms. The number of esters is 1. The van der Waals surface area contributed by atoms with Crippen LogP contribution in [0.3, 0.4) is 0 Å². The Labute approximate surface area is 107 Å². The number of benzene rings is 2. The quantitative estimate of drug-likeness (QED) is 0.747. The Morgan fingerprint density at radius 1 is 1.00 bits per heavy atom. The number of carbonyl (C=O) groups is 1. The molecule has 2 aromatic carbocycles. The van der Waals surface area contributed by atoms with E-state index in [2.05, 4.69) is 36.8 Å². The molecule has 2 nitrogen and oxygen atoms in total. The van der Waals surface area contributed by atoms with Gasteiger partial charge in [0.05, 0.1) is 12.7 Å². The molecule has 0 aliphatic heterocycles. The molecule has 0 fully saturated rings. The van der Waals surface area contributed by atoms with Crippen LogP contribution in [0, 0.1) is 13.8 Å². The Morgan fingerprint density at radius 3 is 2.22 bits per heavy atom. The number of rotatable bonds is 2. The van der Waals surface area contributed by atoms with E-state index in [1.54, 1.807) is 12.1 Å². The summed E-state index contributed by atoms with van der Waals surface area (Å²) in [5.41, 5.74) is 5.37. The molecule has 0 unspecified atom stereocenters. The molecule has 0 saturated carbocycles. The maximum atomic E-state index is 11.4. The Balaban J connectivity index is 2.37. The highest BCUT2D eigenvalue weighted by molar-refractivity contribution is 5.90. The van der Waals surface area contributed by atoms with E-state index in [1.807, 2.05) is 12.1 Å². The van der Waals surface area contributed by atoms with Crippen molar-refractivity contribution in [1.82, 2.24) is 0 Å². The third-order valence-corrected chi connectivity index (χ3v) is 3.00. The Bertz CT molecular complexity index is 568. The van der Waals surface area contributed by atoms with E-state index in [9.17, 15) is 4.79 Å². The van der Waals surface area contributed by atoms with Crippen LogP contribution in [0.4, 0.5) is 0 Å². The number of ether oxygens (including phenoxy) is 1. The van der Waals surface area contributed by atoms with E-state index < -0.39 is 0 Å². The standard InChI is InChI=1S/C16H16O2/c1-11-4-9-15(12(2)10-11)13-5-7-14(8-6-13)16(17)18-3/h4-10H,1-3H3. The topological polar surface area (TPSA) is 26.3 Å². The van der Waals surface area contributed by atoms with Crippen molar-refractivity contribution >= 4 is 5.97 Å². The minimum Gasteiger partial charge on any atom is -0.465 e. The normalized spacial score (nSPS) is 10.2. The molecule has 0 amide bonds. The summed E-state index contributed by atoms with van der Waals surface area (Å²) in [6.45, 7) is 4.17. The fourth-order valence-electron chi connectivity index (χ4n) is 2.04. The highest BCUT2D eigenvalue weighted by atomic mass is 16.5. The molecule has 0 aromatic heterocycles. The summed E-state index contributed by atoms with van der Waals surface area (Å²) in [5.74, 6) is -0.304. The van der Waals surface area contributed by atoms with Gasteiger partial charge in [-0.3, -0.25) is 0 Å². The zero-order valence-corrected chi connectivity index (χ0v) is 10.9. The van der Waals surface area contributed by atoms with E-state index in [-0.39, 0.29) is 5.97 Å². The van der Waals surface area contributed by atoms with Crippen molar-refractivity contribution in [2.45, 2.75) is 13.8 Å². The molecule has 2 heteroatoms. The first kappa shape index (κ1) is 12.4. The lowest BCUT2D eigenvalue weighted by Gasteiger charge is -2.07. The van der Waals surface area contributed by atoms with Gasteiger partial charge in [-0.15, -0.1) is 0 Å². The number of hydrogen-bond acceptors (Lipinski definition) is 2. The molecular formula is C16H16O2. The van der Waals surface area contributed by atoms with Crippen LogP contribution < -0.4 is 0 Å². The monoisotopic (exact) mass is 240 g/mol. The fourth-order valence-corrected chi connectivity index (χ4v) is 2.04. The van der Waals surface area contributed by atoms with Gasteiger partial charge in [0, 0.05) is 0 Å². The molecule has 0 atom stereocenters. The van der Waals surface area contributed by atoms with Gasteiger partial charge in [-0.05, 0) is 42.7 Å². The predicted molar refractivity (Wildman–Crippen MR) is 72.7 cm³/mol. The van der Waals surface area contributed by atoms with Crippen LogP contribution in [0.5, 0.6) is 0 Å². The van der Waals surface area contributed by atoms with Gasteiger partial charge in [-0.25, -0.2) is 4.79 Å². The van der Waals surface area contributed by atoms with Crippen LogP contribution in [-0.4, -0.2) is 13.1 Å². The van der Waals surface area contributed by atoms with E-state index in [1.165, 1.54) is 23.8 Å². The van der Waals surface area contributed by atoms with Crippen molar-refractivity contribution in [3.8, 4) is 11.1 Å². The van der Waals surface area contributed by atoms with Crippen LogP contribution in [0.2, 0.25) is 0 Å². The van der Waals surface area contributed by atoms with E-state index in [0.29, 0.717) is 5.56 Å². The second kappa shape index (κ2) is 5.05. The Kier molecular flexibility index (Phi) is 3.47. The fraction of sp³-hybridized carbons (Fsp3) is 0.188. The van der Waals surface area contributed by atoms with Gasteiger partial charge in [-0.1, -0.05) is 35.9 Å². The van der Waals surface area contributed by atoms with Crippen molar-refractivity contribution < 1.29 is 9.53 Å². The van der Waals surface area contributed by atoms with Gasteiger partial charge >= 0.3 is 5.97 Å². The lowest BCUT2D eigenvalue weighted by molar-refractivity contribution is 0.0601. The van der Waals surface area contributed by atoms with Crippen molar-refractivity contribution in [3.63, 3.8) is 0 Å². The highest BCUT2D eigenvalue weighted by Gasteiger charge is 2.06. The first-order valence-electron chi connectivity index (χ1n) is 5.88. The summed E-state index contributed by atoms with van der Waals surface area (Å²) in [7, 11) is 1.39. The van der Waals surface area contributed by atoms with Crippen LogP contribution >= 0.6 is 0 Å². The minimum absolute atomic E-state index is 0.304. The molecule has 0 aliphatic rings. The lowest BCUT2D eigenvalue weighted by atomic mass is 9.98. The van der Waals surface area contributed by atoms with E-state index in [0.717, 1.165) is 5.56 Å². The first-order chi connectivity index (χ1) is 8.61. The molecule has 0 radical (unpaired) electrons. The lowest BCUT2D eigenvalue weighted by Crippen LogP contribution is -2.00. The maximum Gasteiger partial charge on any atom is 0.337 e. The number of hydrogen-bond donors (Lipinski definition) is 0. The number of carbonyl (C=O) groups excluding carboxylic acids is 1. The zero-order chi connectivity index (χ0) is 13.1. The van der Waals surface area contributed by atoms with E-state index in [4.69, 9.17) is 0 Å². The van der Waals surface area contributed by atoms with Crippen molar-refractivity contribution in [2.75, 3.05) is 7.11 Å². The SMILES string of the molecule is COC(=O)c1ccc(-c2ccc(C)cc2C)cc1. The zero-order valence-electron chi connectivity index (χ0n) is 10.9. The largest absolute Gasteiger partial charge is 0.465 e. The van der Waals surface area contributed by atoms with Gasteiger partial charge in [-0.2, -0.15) is 0 Å². The molecule has 0 heterocycles. The van der Waals surface area contributed by atoms with Crippen molar-refractivity contribution in [3.05, 3.63) is 59.2 Å². The minimum atomic E-state index is -0.304. The molecule has 2 rings (SSSR count). The average Bonchev–Trinajstić information content (AvgIpc) is 2.38. The van der Waals surface area contributed by atoms with Crippen molar-refractivity contribution in [1.29, 1.82) is 0 Å². The second-order valence-corrected chi connectivity index (χ2v) is 4.39. The number of methoxy groups -OCH3 is 1.